The minimum Gasteiger partial charge on any atom is -0.493 e. The quantitative estimate of drug-likeness (QED) is 0.523. The van der Waals surface area contributed by atoms with Crippen LogP contribution in [0.15, 0.2) is 43.0 Å². The van der Waals surface area contributed by atoms with Crippen LogP contribution < -0.4 is 9.64 Å². The SMILES string of the molecule is COc1cnc2[nH]c3cnc(-c4cccnc4)cc3c2c1N1CCC(S(C)(=O)=O)CC1. The number of hydrogen-bond donors (Lipinski definition) is 1. The zero-order valence-corrected chi connectivity index (χ0v) is 18.2. The highest BCUT2D eigenvalue weighted by molar-refractivity contribution is 7.91. The molecular formula is C22H23N5O3S. The molecule has 31 heavy (non-hydrogen) atoms. The standard InChI is InChI=1S/C22H23N5O3S/c1-30-19-13-25-22-20(21(19)27-8-5-15(6-9-27)31(2,28)29)16-10-17(24-12-18(16)26-22)14-4-3-7-23-11-14/h3-4,7,10-13,15H,5-6,8-9H2,1-2H3,(H,25,26). The summed E-state index contributed by atoms with van der Waals surface area (Å²) in [6, 6.07) is 5.91. The van der Waals surface area contributed by atoms with Crippen LogP contribution in [0.2, 0.25) is 0 Å². The Bertz CT molecular complexity index is 1360. The summed E-state index contributed by atoms with van der Waals surface area (Å²) in [6.45, 7) is 1.28. The Balaban J connectivity index is 1.66. The molecule has 0 saturated carbocycles. The number of rotatable bonds is 4. The van der Waals surface area contributed by atoms with E-state index in [-0.39, 0.29) is 5.25 Å². The zero-order chi connectivity index (χ0) is 21.6. The van der Waals surface area contributed by atoms with Gasteiger partial charge in [-0.05, 0) is 31.0 Å². The first kappa shape index (κ1) is 19.7. The van der Waals surface area contributed by atoms with Crippen molar-refractivity contribution in [3.8, 4) is 17.0 Å². The molecule has 5 rings (SSSR count). The van der Waals surface area contributed by atoms with Crippen LogP contribution in [0.4, 0.5) is 5.69 Å². The maximum absolute atomic E-state index is 12.0. The van der Waals surface area contributed by atoms with Crippen LogP contribution in [0, 0.1) is 0 Å². The molecule has 0 bridgehead atoms. The Morgan fingerprint density at radius 3 is 2.65 bits per heavy atom. The maximum atomic E-state index is 12.0. The van der Waals surface area contributed by atoms with Gasteiger partial charge in [0.2, 0.25) is 0 Å². The molecule has 160 valence electrons. The number of sulfone groups is 1. The number of hydrogen-bond acceptors (Lipinski definition) is 7. The molecule has 4 aromatic rings. The van der Waals surface area contributed by atoms with E-state index >= 15 is 0 Å². The molecule has 9 heteroatoms. The fraction of sp³-hybridized carbons (Fsp3) is 0.318. The number of H-pyrrole nitrogens is 1. The Morgan fingerprint density at radius 1 is 1.16 bits per heavy atom. The van der Waals surface area contributed by atoms with Crippen LogP contribution in [0.5, 0.6) is 5.75 Å². The monoisotopic (exact) mass is 437 g/mol. The van der Waals surface area contributed by atoms with Gasteiger partial charge in [0, 0.05) is 42.7 Å². The lowest BCUT2D eigenvalue weighted by molar-refractivity contribution is 0.411. The number of ether oxygens (including phenoxy) is 1. The summed E-state index contributed by atoms with van der Waals surface area (Å²) in [5.74, 6) is 0.672. The third-order valence-electron chi connectivity index (χ3n) is 5.99. The number of aromatic nitrogens is 4. The van der Waals surface area contributed by atoms with Crippen LogP contribution in [0.25, 0.3) is 33.2 Å². The summed E-state index contributed by atoms with van der Waals surface area (Å²) in [6.07, 6.45) is 9.56. The van der Waals surface area contributed by atoms with E-state index in [1.165, 1.54) is 6.26 Å². The molecule has 8 nitrogen and oxygen atoms in total. The molecule has 0 radical (unpaired) electrons. The predicted octanol–water partition coefficient (Wildman–Crippen LogP) is 3.20. The second-order valence-corrected chi connectivity index (χ2v) is 10.2. The lowest BCUT2D eigenvalue weighted by Crippen LogP contribution is -2.39. The van der Waals surface area contributed by atoms with Crippen molar-refractivity contribution in [2.24, 2.45) is 0 Å². The minimum atomic E-state index is -3.04. The van der Waals surface area contributed by atoms with Gasteiger partial charge in [-0.1, -0.05) is 0 Å². The third-order valence-corrected chi connectivity index (χ3v) is 7.67. The van der Waals surface area contributed by atoms with Gasteiger partial charge in [-0.25, -0.2) is 13.4 Å². The molecule has 0 aliphatic carbocycles. The van der Waals surface area contributed by atoms with E-state index in [1.807, 2.05) is 24.4 Å². The van der Waals surface area contributed by atoms with E-state index in [4.69, 9.17) is 4.74 Å². The molecule has 1 fully saturated rings. The summed E-state index contributed by atoms with van der Waals surface area (Å²) < 4.78 is 29.7. The molecule has 5 heterocycles. The first-order valence-corrected chi connectivity index (χ1v) is 12.1. The number of piperidine rings is 1. The van der Waals surface area contributed by atoms with Crippen molar-refractivity contribution >= 4 is 37.5 Å². The van der Waals surface area contributed by atoms with Crippen molar-refractivity contribution in [1.82, 2.24) is 19.9 Å². The average molecular weight is 438 g/mol. The van der Waals surface area contributed by atoms with Crippen molar-refractivity contribution in [1.29, 1.82) is 0 Å². The summed E-state index contributed by atoms with van der Waals surface area (Å²) in [5.41, 5.74) is 4.34. The Kier molecular flexibility index (Phi) is 4.77. The van der Waals surface area contributed by atoms with Gasteiger partial charge in [-0.3, -0.25) is 9.97 Å². The molecule has 1 aliphatic heterocycles. The first-order valence-electron chi connectivity index (χ1n) is 10.1. The summed E-state index contributed by atoms with van der Waals surface area (Å²) in [4.78, 5) is 18.9. The zero-order valence-electron chi connectivity index (χ0n) is 17.4. The molecule has 0 aromatic carbocycles. The molecular weight excluding hydrogens is 414 g/mol. The summed E-state index contributed by atoms with van der Waals surface area (Å²) in [7, 11) is -1.41. The van der Waals surface area contributed by atoms with Crippen LogP contribution in [-0.2, 0) is 9.84 Å². The van der Waals surface area contributed by atoms with Crippen molar-refractivity contribution in [3.63, 3.8) is 0 Å². The number of fused-ring (bicyclic) bond motifs is 3. The van der Waals surface area contributed by atoms with E-state index in [1.54, 1.807) is 25.7 Å². The summed E-state index contributed by atoms with van der Waals surface area (Å²) >= 11 is 0. The highest BCUT2D eigenvalue weighted by Crippen LogP contribution is 2.41. The smallest absolute Gasteiger partial charge is 0.161 e. The second kappa shape index (κ2) is 7.49. The molecule has 1 aliphatic rings. The van der Waals surface area contributed by atoms with Crippen molar-refractivity contribution in [2.45, 2.75) is 18.1 Å². The molecule has 0 atom stereocenters. The molecule has 0 spiro atoms. The third kappa shape index (κ3) is 3.48. The van der Waals surface area contributed by atoms with Crippen LogP contribution in [-0.4, -0.2) is 60.1 Å². The van der Waals surface area contributed by atoms with Crippen molar-refractivity contribution in [2.75, 3.05) is 31.4 Å². The predicted molar refractivity (Wildman–Crippen MR) is 121 cm³/mol. The Labute approximate surface area is 180 Å². The van der Waals surface area contributed by atoms with Gasteiger partial charge in [-0.2, -0.15) is 0 Å². The van der Waals surface area contributed by atoms with Crippen LogP contribution in [0.3, 0.4) is 0 Å². The van der Waals surface area contributed by atoms with Crippen molar-refractivity contribution in [3.05, 3.63) is 43.0 Å². The van der Waals surface area contributed by atoms with E-state index in [9.17, 15) is 8.42 Å². The maximum Gasteiger partial charge on any atom is 0.161 e. The van der Waals surface area contributed by atoms with E-state index < -0.39 is 9.84 Å². The second-order valence-electron chi connectivity index (χ2n) is 7.90. The van der Waals surface area contributed by atoms with Crippen LogP contribution in [0.1, 0.15) is 12.8 Å². The van der Waals surface area contributed by atoms with Gasteiger partial charge in [-0.15, -0.1) is 0 Å². The Morgan fingerprint density at radius 2 is 1.97 bits per heavy atom. The average Bonchev–Trinajstić information content (AvgIpc) is 3.16. The van der Waals surface area contributed by atoms with E-state index in [2.05, 4.69) is 24.8 Å². The van der Waals surface area contributed by atoms with Crippen LogP contribution >= 0.6 is 0 Å². The number of nitrogens with one attached hydrogen (secondary N) is 1. The first-order chi connectivity index (χ1) is 15.0. The lowest BCUT2D eigenvalue weighted by atomic mass is 10.1. The van der Waals surface area contributed by atoms with Gasteiger partial charge in [0.25, 0.3) is 0 Å². The summed E-state index contributed by atoms with van der Waals surface area (Å²) in [5, 5.41) is 1.66. The number of pyridine rings is 3. The fourth-order valence-electron chi connectivity index (χ4n) is 4.37. The minimum absolute atomic E-state index is 0.295. The highest BCUT2D eigenvalue weighted by Gasteiger charge is 2.29. The number of anilines is 1. The van der Waals surface area contributed by atoms with Crippen molar-refractivity contribution < 1.29 is 13.2 Å². The van der Waals surface area contributed by atoms with E-state index in [0.717, 1.165) is 38.9 Å². The molecule has 1 saturated heterocycles. The molecule has 1 N–H and O–H groups in total. The molecule has 0 amide bonds. The fourth-order valence-corrected chi connectivity index (χ4v) is 5.43. The Hall–Kier alpha value is -3.20. The van der Waals surface area contributed by atoms with Gasteiger partial charge in [0.15, 0.2) is 5.75 Å². The van der Waals surface area contributed by atoms with Gasteiger partial charge >= 0.3 is 0 Å². The number of aromatic amines is 1. The van der Waals surface area contributed by atoms with E-state index in [0.29, 0.717) is 31.7 Å². The number of nitrogens with zero attached hydrogens (tertiary/aromatic N) is 4. The lowest BCUT2D eigenvalue weighted by Gasteiger charge is -2.34. The normalized spacial score (nSPS) is 15.6. The van der Waals surface area contributed by atoms with Gasteiger partial charge < -0.3 is 14.6 Å². The highest BCUT2D eigenvalue weighted by atomic mass is 32.2. The number of methoxy groups -OCH3 is 1. The van der Waals surface area contributed by atoms with Gasteiger partial charge in [0.1, 0.15) is 15.5 Å². The molecule has 0 unspecified atom stereocenters. The molecule has 4 aromatic heterocycles. The van der Waals surface area contributed by atoms with Gasteiger partial charge in [0.05, 0.1) is 47.0 Å². The largest absolute Gasteiger partial charge is 0.493 e. The topological polar surface area (TPSA) is 101 Å².